The normalized spacial score (nSPS) is 10.0. The zero-order valence-electron chi connectivity index (χ0n) is 8.78. The van der Waals surface area contributed by atoms with Crippen molar-refractivity contribution >= 4 is 0 Å². The maximum atomic E-state index is 3.05. The van der Waals surface area contributed by atoms with Gasteiger partial charge in [0.25, 0.3) is 0 Å². The van der Waals surface area contributed by atoms with Crippen LogP contribution in [-0.4, -0.2) is 0 Å². The Kier molecular flexibility index (Phi) is 5.54. The van der Waals surface area contributed by atoms with Crippen molar-refractivity contribution in [2.24, 2.45) is 5.41 Å². The average molecular weight is 164 g/mol. The van der Waals surface area contributed by atoms with Crippen LogP contribution in [0.1, 0.15) is 47.0 Å². The van der Waals surface area contributed by atoms with E-state index in [1.165, 1.54) is 12.8 Å². The number of unbranched alkanes of at least 4 members (excludes halogenated alkanes) is 2. The number of rotatable bonds is 3. The molecule has 0 aromatic rings. The lowest BCUT2D eigenvalue weighted by atomic mass is 9.97. The largest absolute Gasteiger partial charge is 0.0750 e. The van der Waals surface area contributed by atoms with Gasteiger partial charge in [-0.1, -0.05) is 45.6 Å². The molecule has 0 aromatic heterocycles. The van der Waals surface area contributed by atoms with Gasteiger partial charge in [-0.15, -0.1) is 0 Å². The minimum Gasteiger partial charge on any atom is -0.0750 e. The molecule has 0 heteroatoms. The zero-order valence-corrected chi connectivity index (χ0v) is 8.78. The van der Waals surface area contributed by atoms with E-state index in [1.807, 2.05) is 0 Å². The Morgan fingerprint density at radius 1 is 1.17 bits per heavy atom. The second-order valence-corrected chi connectivity index (χ2v) is 4.15. The van der Waals surface area contributed by atoms with Crippen LogP contribution in [0.4, 0.5) is 0 Å². The summed E-state index contributed by atoms with van der Waals surface area (Å²) in [6.45, 7) is 8.68. The van der Waals surface area contributed by atoms with Crippen molar-refractivity contribution in [2.45, 2.75) is 47.0 Å². The predicted molar refractivity (Wildman–Crippen MR) is 55.1 cm³/mol. The minimum atomic E-state index is 0.228. The van der Waals surface area contributed by atoms with E-state index in [0.29, 0.717) is 0 Å². The first kappa shape index (κ1) is 11.3. The van der Waals surface area contributed by atoms with E-state index >= 15 is 0 Å². The van der Waals surface area contributed by atoms with Crippen LogP contribution >= 0.6 is 0 Å². The smallest absolute Gasteiger partial charge is 0.0121 e. The molecule has 68 valence electrons. The third-order valence-electron chi connectivity index (χ3n) is 1.39. The topological polar surface area (TPSA) is 0 Å². The van der Waals surface area contributed by atoms with E-state index in [2.05, 4.69) is 51.3 Å². The SMILES string of the molecule is CCCCC=C=C=CC(C)(C)C. The Bertz CT molecular complexity index is 191. The number of hydrogen-bond donors (Lipinski definition) is 0. The van der Waals surface area contributed by atoms with E-state index in [4.69, 9.17) is 0 Å². The molecule has 0 amide bonds. The summed E-state index contributed by atoms with van der Waals surface area (Å²) in [6.07, 6.45) is 7.74. The molecule has 0 saturated heterocycles. The fourth-order valence-electron chi connectivity index (χ4n) is 0.695. The second kappa shape index (κ2) is 5.89. The van der Waals surface area contributed by atoms with Crippen LogP contribution < -0.4 is 0 Å². The molecule has 0 aliphatic heterocycles. The lowest BCUT2D eigenvalue weighted by Gasteiger charge is -2.07. The molecule has 12 heavy (non-hydrogen) atoms. The van der Waals surface area contributed by atoms with Crippen LogP contribution in [0.5, 0.6) is 0 Å². The van der Waals surface area contributed by atoms with Crippen LogP contribution in [0, 0.1) is 5.41 Å². The van der Waals surface area contributed by atoms with Crippen molar-refractivity contribution in [3.63, 3.8) is 0 Å². The van der Waals surface area contributed by atoms with Gasteiger partial charge in [0.1, 0.15) is 0 Å². The molecule has 0 rings (SSSR count). The maximum Gasteiger partial charge on any atom is -0.0121 e. The van der Waals surface area contributed by atoms with Gasteiger partial charge in [0.15, 0.2) is 0 Å². The molecule has 0 aliphatic rings. The van der Waals surface area contributed by atoms with Crippen molar-refractivity contribution < 1.29 is 0 Å². The van der Waals surface area contributed by atoms with Gasteiger partial charge in [0, 0.05) is 0 Å². The Morgan fingerprint density at radius 3 is 2.33 bits per heavy atom. The molecule has 0 nitrogen and oxygen atoms in total. The highest BCUT2D eigenvalue weighted by molar-refractivity contribution is 4.93. The van der Waals surface area contributed by atoms with Crippen LogP contribution in [0.15, 0.2) is 23.6 Å². The second-order valence-electron chi connectivity index (χ2n) is 4.15. The molecule has 0 saturated carbocycles. The van der Waals surface area contributed by atoms with Gasteiger partial charge in [0.2, 0.25) is 0 Å². The van der Waals surface area contributed by atoms with Crippen molar-refractivity contribution in [3.8, 4) is 0 Å². The fourth-order valence-corrected chi connectivity index (χ4v) is 0.695. The lowest BCUT2D eigenvalue weighted by Crippen LogP contribution is -1.96. The Hall–Kier alpha value is -0.700. The molecule has 0 fully saturated rings. The van der Waals surface area contributed by atoms with Crippen LogP contribution in [-0.2, 0) is 0 Å². The highest BCUT2D eigenvalue weighted by Gasteiger charge is 2.01. The Labute approximate surface area is 76.7 Å². The summed E-state index contributed by atoms with van der Waals surface area (Å²) in [5.74, 6) is 0. The van der Waals surface area contributed by atoms with E-state index in [1.54, 1.807) is 0 Å². The van der Waals surface area contributed by atoms with E-state index < -0.39 is 0 Å². The molecule has 0 heterocycles. The average Bonchev–Trinajstić information content (AvgIpc) is 1.94. The maximum absolute atomic E-state index is 3.05. The summed E-state index contributed by atoms with van der Waals surface area (Å²) >= 11 is 0. The molecule has 0 unspecified atom stereocenters. The molecule has 0 atom stereocenters. The number of hydrogen-bond acceptors (Lipinski definition) is 0. The first-order valence-electron chi connectivity index (χ1n) is 4.73. The molecular weight excluding hydrogens is 144 g/mol. The predicted octanol–water partition coefficient (Wildman–Crippen LogP) is 4.09. The summed E-state index contributed by atoms with van der Waals surface area (Å²) in [5, 5.41) is 0. The monoisotopic (exact) mass is 164 g/mol. The van der Waals surface area contributed by atoms with Gasteiger partial charge in [-0.3, -0.25) is 0 Å². The van der Waals surface area contributed by atoms with E-state index in [-0.39, 0.29) is 5.41 Å². The molecule has 0 aliphatic carbocycles. The summed E-state index contributed by atoms with van der Waals surface area (Å²) in [6, 6.07) is 0. The van der Waals surface area contributed by atoms with Crippen LogP contribution in [0.2, 0.25) is 0 Å². The van der Waals surface area contributed by atoms with Gasteiger partial charge < -0.3 is 0 Å². The fraction of sp³-hybridized carbons (Fsp3) is 0.667. The summed E-state index contributed by atoms with van der Waals surface area (Å²) in [5.41, 5.74) is 6.33. The molecule has 0 radical (unpaired) electrons. The molecule has 0 N–H and O–H groups in total. The third-order valence-corrected chi connectivity index (χ3v) is 1.39. The van der Waals surface area contributed by atoms with Crippen molar-refractivity contribution in [1.82, 2.24) is 0 Å². The van der Waals surface area contributed by atoms with Gasteiger partial charge in [-0.25, -0.2) is 0 Å². The van der Waals surface area contributed by atoms with E-state index in [9.17, 15) is 0 Å². The van der Waals surface area contributed by atoms with Gasteiger partial charge in [0.05, 0.1) is 0 Å². The quantitative estimate of drug-likeness (QED) is 0.435. The summed E-state index contributed by atoms with van der Waals surface area (Å²) < 4.78 is 0. The molecule has 0 spiro atoms. The van der Waals surface area contributed by atoms with Gasteiger partial charge in [-0.2, -0.15) is 0 Å². The van der Waals surface area contributed by atoms with Crippen LogP contribution in [0.3, 0.4) is 0 Å². The summed E-state index contributed by atoms with van der Waals surface area (Å²) in [4.78, 5) is 0. The highest BCUT2D eigenvalue weighted by atomic mass is 14.1. The molecule has 0 bridgehead atoms. The van der Waals surface area contributed by atoms with Crippen molar-refractivity contribution in [1.29, 1.82) is 0 Å². The standard InChI is InChI=1S/C12H20/c1-5-6-7-8-9-10-11-12(2,3)4/h8,11H,5-7H2,1-4H3. The number of allylic oxidation sites excluding steroid dienone is 2. The lowest BCUT2D eigenvalue weighted by molar-refractivity contribution is 0.545. The van der Waals surface area contributed by atoms with Gasteiger partial charge >= 0.3 is 0 Å². The first-order chi connectivity index (χ1) is 5.56. The first-order valence-corrected chi connectivity index (χ1v) is 4.73. The highest BCUT2D eigenvalue weighted by Crippen LogP contribution is 2.12. The summed E-state index contributed by atoms with van der Waals surface area (Å²) in [7, 11) is 0. The minimum absolute atomic E-state index is 0.228. The Balaban J connectivity index is 3.88. The van der Waals surface area contributed by atoms with Crippen LogP contribution in [0.25, 0.3) is 0 Å². The van der Waals surface area contributed by atoms with Crippen molar-refractivity contribution in [2.75, 3.05) is 0 Å². The zero-order chi connectivity index (χ0) is 9.45. The third kappa shape index (κ3) is 9.30. The van der Waals surface area contributed by atoms with E-state index in [0.717, 1.165) is 6.42 Å². The van der Waals surface area contributed by atoms with Crippen molar-refractivity contribution in [3.05, 3.63) is 23.6 Å². The molecular formula is C12H20. The Morgan fingerprint density at radius 2 is 1.83 bits per heavy atom. The van der Waals surface area contributed by atoms with Gasteiger partial charge in [-0.05, 0) is 30.4 Å². The molecule has 0 aromatic carbocycles.